The Hall–Kier alpha value is -4.51. The Morgan fingerprint density at radius 1 is 0.905 bits per heavy atom. The molecule has 2 aromatic heterocycles. The normalized spacial score (nSPS) is 11.7. The van der Waals surface area contributed by atoms with Crippen molar-refractivity contribution < 1.29 is 22.1 Å². The van der Waals surface area contributed by atoms with Gasteiger partial charge in [0.15, 0.2) is 0 Å². The van der Waals surface area contributed by atoms with Crippen molar-refractivity contribution in [3.05, 3.63) is 101 Å². The first-order valence-corrected chi connectivity index (χ1v) is 15.6. The molecule has 0 amide bonds. The largest absolute Gasteiger partial charge is 0.457 e. The fraction of sp³-hybridized carbons (Fsp3) is 0.125. The first-order valence-electron chi connectivity index (χ1n) is 13.3. The van der Waals surface area contributed by atoms with Gasteiger partial charge in [-0.25, -0.2) is 9.78 Å². The quantitative estimate of drug-likeness (QED) is 0.141. The average Bonchev–Trinajstić information content (AvgIpc) is 3.41. The van der Waals surface area contributed by atoms with Gasteiger partial charge in [0.1, 0.15) is 22.1 Å². The molecule has 2 heterocycles. The van der Waals surface area contributed by atoms with E-state index in [2.05, 4.69) is 18.7 Å². The summed E-state index contributed by atoms with van der Waals surface area (Å²) in [6.45, 7) is 5.87. The van der Waals surface area contributed by atoms with E-state index in [0.29, 0.717) is 38.7 Å². The minimum Gasteiger partial charge on any atom is -0.457 e. The summed E-state index contributed by atoms with van der Waals surface area (Å²) in [6.07, 6.45) is 0. The van der Waals surface area contributed by atoms with Gasteiger partial charge < -0.3 is 14.1 Å². The molecule has 0 atom stereocenters. The van der Waals surface area contributed by atoms with Gasteiger partial charge in [0.25, 0.3) is 10.1 Å². The van der Waals surface area contributed by atoms with E-state index >= 15 is 0 Å². The Labute approximate surface area is 246 Å². The molecule has 0 saturated carbocycles. The van der Waals surface area contributed by atoms with Gasteiger partial charge in [-0.1, -0.05) is 30.3 Å². The maximum atomic E-state index is 13.0. The van der Waals surface area contributed by atoms with Gasteiger partial charge in [0.05, 0.1) is 20.7 Å². The smallest absolute Gasteiger partial charge is 0.346 e. The Balaban J connectivity index is 1.35. The molecule has 0 saturated heterocycles. The van der Waals surface area contributed by atoms with Gasteiger partial charge >= 0.3 is 5.63 Å². The summed E-state index contributed by atoms with van der Waals surface area (Å²) in [5.41, 5.74) is 3.32. The van der Waals surface area contributed by atoms with Crippen LogP contribution in [0.5, 0.6) is 11.5 Å². The van der Waals surface area contributed by atoms with Crippen LogP contribution in [0.4, 0.5) is 5.69 Å². The summed E-state index contributed by atoms with van der Waals surface area (Å²) in [6, 6.07) is 26.4. The lowest BCUT2D eigenvalue weighted by molar-refractivity contribution is 0.479. The summed E-state index contributed by atoms with van der Waals surface area (Å²) in [5, 5.41) is 1.35. The van der Waals surface area contributed by atoms with Crippen LogP contribution >= 0.6 is 11.3 Å². The van der Waals surface area contributed by atoms with Gasteiger partial charge in [0, 0.05) is 41.9 Å². The maximum Gasteiger partial charge on any atom is 0.346 e. The first-order chi connectivity index (χ1) is 20.2. The van der Waals surface area contributed by atoms with Crippen LogP contribution in [-0.4, -0.2) is 31.0 Å². The molecule has 0 radical (unpaired) electrons. The molecule has 10 heteroatoms. The molecule has 0 bridgehead atoms. The predicted molar refractivity (Wildman–Crippen MR) is 166 cm³/mol. The highest BCUT2D eigenvalue weighted by molar-refractivity contribution is 7.85. The lowest BCUT2D eigenvalue weighted by Gasteiger charge is -2.20. The van der Waals surface area contributed by atoms with Crippen molar-refractivity contribution in [3.8, 4) is 33.2 Å². The number of rotatable bonds is 8. The number of thiazole rings is 1. The fourth-order valence-electron chi connectivity index (χ4n) is 4.85. The second-order valence-corrected chi connectivity index (χ2v) is 12.0. The highest BCUT2D eigenvalue weighted by Crippen LogP contribution is 2.38. The minimum absolute atomic E-state index is 0.230. The molecule has 0 aliphatic rings. The van der Waals surface area contributed by atoms with E-state index in [-0.39, 0.29) is 4.90 Å². The molecule has 0 fully saturated rings. The van der Waals surface area contributed by atoms with E-state index < -0.39 is 15.7 Å². The van der Waals surface area contributed by atoms with Crippen molar-refractivity contribution >= 4 is 48.3 Å². The molecule has 6 aromatic rings. The van der Waals surface area contributed by atoms with E-state index in [9.17, 15) is 17.8 Å². The number of hydrogen-bond donors (Lipinski definition) is 1. The molecule has 0 spiro atoms. The molecule has 1 N–H and O–H groups in total. The van der Waals surface area contributed by atoms with Crippen molar-refractivity contribution in [1.29, 1.82) is 0 Å². The van der Waals surface area contributed by atoms with Crippen LogP contribution in [-0.2, 0) is 10.1 Å². The van der Waals surface area contributed by atoms with Crippen molar-refractivity contribution in [3.63, 3.8) is 0 Å². The van der Waals surface area contributed by atoms with Crippen LogP contribution in [0.3, 0.4) is 0 Å². The van der Waals surface area contributed by atoms with Gasteiger partial charge in [-0.15, -0.1) is 11.3 Å². The summed E-state index contributed by atoms with van der Waals surface area (Å²) >= 11 is 1.38. The lowest BCUT2D eigenvalue weighted by atomic mass is 10.0. The zero-order chi connectivity index (χ0) is 29.4. The van der Waals surface area contributed by atoms with Crippen LogP contribution in [0, 0.1) is 0 Å². The predicted octanol–water partition coefficient (Wildman–Crippen LogP) is 7.62. The van der Waals surface area contributed by atoms with Gasteiger partial charge in [-0.2, -0.15) is 8.42 Å². The highest BCUT2D eigenvalue weighted by Gasteiger charge is 2.17. The molecule has 212 valence electrons. The second-order valence-electron chi connectivity index (χ2n) is 9.59. The summed E-state index contributed by atoms with van der Waals surface area (Å²) in [5.74, 6) is 0.883. The van der Waals surface area contributed by atoms with Crippen molar-refractivity contribution in [2.75, 3.05) is 18.0 Å². The van der Waals surface area contributed by atoms with E-state index in [1.165, 1.54) is 29.5 Å². The molecule has 0 unspecified atom stereocenters. The Morgan fingerprint density at radius 3 is 2.43 bits per heavy atom. The van der Waals surface area contributed by atoms with Crippen LogP contribution in [0.25, 0.3) is 42.9 Å². The Kier molecular flexibility index (Phi) is 7.28. The van der Waals surface area contributed by atoms with Crippen molar-refractivity contribution in [2.24, 2.45) is 0 Å². The van der Waals surface area contributed by atoms with E-state index in [4.69, 9.17) is 14.1 Å². The maximum absolute atomic E-state index is 13.0. The van der Waals surface area contributed by atoms with Crippen molar-refractivity contribution in [2.45, 2.75) is 18.7 Å². The Bertz CT molecular complexity index is 2100. The number of benzene rings is 4. The van der Waals surface area contributed by atoms with Gasteiger partial charge in [-0.3, -0.25) is 4.55 Å². The summed E-state index contributed by atoms with van der Waals surface area (Å²) in [7, 11) is -4.40. The van der Waals surface area contributed by atoms with E-state index in [1.807, 2.05) is 60.7 Å². The SMILES string of the molecule is CCN(CC)c1ccc2cc(-c3nc4cc(Oc5ccc(S(=O)(=O)O)cc5-c5ccccc5)ccc4s3)c(=O)oc2c1. The lowest BCUT2D eigenvalue weighted by Crippen LogP contribution is -2.21. The molecule has 4 aromatic carbocycles. The summed E-state index contributed by atoms with van der Waals surface area (Å²) in [4.78, 5) is 19.7. The fourth-order valence-corrected chi connectivity index (χ4v) is 6.31. The number of nitrogens with zero attached hydrogens (tertiary/aromatic N) is 2. The number of anilines is 1. The van der Waals surface area contributed by atoms with Crippen LogP contribution < -0.4 is 15.3 Å². The zero-order valence-electron chi connectivity index (χ0n) is 22.8. The highest BCUT2D eigenvalue weighted by atomic mass is 32.2. The third kappa shape index (κ3) is 5.39. The standard InChI is InChI=1S/C32H26N2O6S2/c1-3-34(4-2)22-11-10-21-16-26(32(35)40-29(21)17-22)31-33-27-18-23(12-15-30(27)41-31)39-28-14-13-24(42(36,37)38)19-25(28)20-8-6-5-7-9-20/h5-19H,3-4H2,1-2H3,(H,36,37,38). The number of fused-ring (bicyclic) bond motifs is 2. The molecular formula is C32H26N2O6S2. The minimum atomic E-state index is -4.40. The monoisotopic (exact) mass is 598 g/mol. The molecule has 8 nitrogen and oxygen atoms in total. The number of aromatic nitrogens is 1. The average molecular weight is 599 g/mol. The van der Waals surface area contributed by atoms with Crippen LogP contribution in [0.15, 0.2) is 105 Å². The second kappa shape index (κ2) is 11.1. The van der Waals surface area contributed by atoms with Gasteiger partial charge in [0.2, 0.25) is 0 Å². The first kappa shape index (κ1) is 27.6. The van der Waals surface area contributed by atoms with Gasteiger partial charge in [-0.05, 0) is 67.9 Å². The molecule has 0 aliphatic heterocycles. The number of hydrogen-bond acceptors (Lipinski definition) is 8. The number of ether oxygens (including phenoxy) is 1. The molecule has 0 aliphatic carbocycles. The topological polar surface area (TPSA) is 110 Å². The third-order valence-corrected chi connectivity index (χ3v) is 8.92. The van der Waals surface area contributed by atoms with E-state index in [0.717, 1.165) is 34.4 Å². The van der Waals surface area contributed by atoms with Crippen LogP contribution in [0.1, 0.15) is 13.8 Å². The van der Waals surface area contributed by atoms with E-state index in [1.54, 1.807) is 12.1 Å². The zero-order valence-corrected chi connectivity index (χ0v) is 24.4. The third-order valence-electron chi connectivity index (χ3n) is 7.00. The summed E-state index contributed by atoms with van der Waals surface area (Å²) < 4.78 is 45.9. The Morgan fingerprint density at radius 2 is 1.69 bits per heavy atom. The molecule has 42 heavy (non-hydrogen) atoms. The van der Waals surface area contributed by atoms with Crippen LogP contribution in [0.2, 0.25) is 0 Å². The molecule has 6 rings (SSSR count). The van der Waals surface area contributed by atoms with Crippen molar-refractivity contribution in [1.82, 2.24) is 4.98 Å². The molecular weight excluding hydrogens is 572 g/mol.